The molecule has 1 atom stereocenters. The van der Waals surface area contributed by atoms with Gasteiger partial charge in [-0.05, 0) is 60.5 Å². The molecule has 2 aromatic carbocycles. The van der Waals surface area contributed by atoms with E-state index in [9.17, 15) is 4.39 Å². The summed E-state index contributed by atoms with van der Waals surface area (Å²) in [4.78, 5) is 0. The Balaban J connectivity index is 2.09. The smallest absolute Gasteiger partial charge is 0.171 e. The topological polar surface area (TPSA) is 33.3 Å². The van der Waals surface area contributed by atoms with Gasteiger partial charge in [0.15, 0.2) is 5.11 Å². The van der Waals surface area contributed by atoms with Crippen molar-refractivity contribution >= 4 is 34.6 Å². The molecular weight excluding hydrogens is 359 g/mol. The number of rotatable bonds is 6. The highest BCUT2D eigenvalue weighted by molar-refractivity contribution is 7.80. The molecule has 2 N–H and O–H groups in total. The summed E-state index contributed by atoms with van der Waals surface area (Å²) in [5, 5.41) is 6.90. The van der Waals surface area contributed by atoms with Crippen LogP contribution in [-0.2, 0) is 0 Å². The molecule has 3 nitrogen and oxygen atoms in total. The maximum atomic E-state index is 13.3. The van der Waals surface area contributed by atoms with Crippen molar-refractivity contribution in [3.63, 3.8) is 0 Å². The van der Waals surface area contributed by atoms with Crippen molar-refractivity contribution in [1.29, 1.82) is 0 Å². The molecule has 134 valence electrons. The maximum Gasteiger partial charge on any atom is 0.171 e. The number of hydrogen-bond donors (Lipinski definition) is 2. The van der Waals surface area contributed by atoms with E-state index in [2.05, 4.69) is 24.5 Å². The molecule has 0 aliphatic heterocycles. The molecule has 2 rings (SSSR count). The zero-order chi connectivity index (χ0) is 18.4. The van der Waals surface area contributed by atoms with Crippen molar-refractivity contribution in [2.45, 2.75) is 26.3 Å². The Morgan fingerprint density at radius 1 is 1.20 bits per heavy atom. The first-order chi connectivity index (χ1) is 11.9. The number of ether oxygens (including phenoxy) is 1. The van der Waals surface area contributed by atoms with E-state index in [1.807, 2.05) is 24.3 Å². The molecule has 0 spiro atoms. The van der Waals surface area contributed by atoms with E-state index in [0.29, 0.717) is 16.7 Å². The normalized spacial score (nSPS) is 11.9. The molecular formula is C19H22ClFN2OS. The average molecular weight is 381 g/mol. The summed E-state index contributed by atoms with van der Waals surface area (Å²) < 4.78 is 18.5. The Morgan fingerprint density at radius 3 is 2.44 bits per heavy atom. The van der Waals surface area contributed by atoms with Crippen molar-refractivity contribution in [1.82, 2.24) is 5.32 Å². The average Bonchev–Trinajstić information content (AvgIpc) is 2.57. The number of methoxy groups -OCH3 is 1. The molecule has 0 aliphatic carbocycles. The molecule has 0 amide bonds. The van der Waals surface area contributed by atoms with E-state index >= 15 is 0 Å². The molecule has 0 fully saturated rings. The minimum Gasteiger partial charge on any atom is -0.497 e. The molecule has 0 aliphatic rings. The second-order valence-corrected chi connectivity index (χ2v) is 7.00. The Kier molecular flexibility index (Phi) is 7.02. The van der Waals surface area contributed by atoms with Gasteiger partial charge in [-0.25, -0.2) is 4.39 Å². The zero-order valence-electron chi connectivity index (χ0n) is 14.5. The van der Waals surface area contributed by atoms with Gasteiger partial charge in [0, 0.05) is 5.69 Å². The molecule has 0 saturated heterocycles. The third-order valence-corrected chi connectivity index (χ3v) is 4.22. The van der Waals surface area contributed by atoms with E-state index < -0.39 is 5.82 Å². The van der Waals surface area contributed by atoms with Gasteiger partial charge in [-0.1, -0.05) is 37.6 Å². The van der Waals surface area contributed by atoms with Crippen molar-refractivity contribution in [2.24, 2.45) is 5.92 Å². The van der Waals surface area contributed by atoms with E-state index in [1.54, 1.807) is 13.2 Å². The quantitative estimate of drug-likeness (QED) is 0.642. The molecule has 0 saturated carbocycles. The van der Waals surface area contributed by atoms with Crippen LogP contribution >= 0.6 is 23.8 Å². The first-order valence-corrected chi connectivity index (χ1v) is 8.84. The van der Waals surface area contributed by atoms with Crippen LogP contribution in [0.2, 0.25) is 5.02 Å². The van der Waals surface area contributed by atoms with Crippen LogP contribution in [0.5, 0.6) is 5.75 Å². The molecule has 2 aromatic rings. The lowest BCUT2D eigenvalue weighted by Crippen LogP contribution is -2.33. The van der Waals surface area contributed by atoms with Gasteiger partial charge in [-0.15, -0.1) is 0 Å². The lowest BCUT2D eigenvalue weighted by Gasteiger charge is -2.23. The number of benzene rings is 2. The SMILES string of the molecule is COc1ccc([C@H](CC(C)C)NC(=S)Nc2ccc(F)c(Cl)c2)cc1. The Labute approximate surface area is 158 Å². The standard InChI is InChI=1S/C19H22ClFN2OS/c1-12(2)10-18(13-4-7-15(24-3)8-5-13)23-19(25)22-14-6-9-17(21)16(20)11-14/h4-9,11-12,18H,10H2,1-3H3,(H2,22,23,25)/t18-/m0/s1. The summed E-state index contributed by atoms with van der Waals surface area (Å²) in [6.45, 7) is 4.32. The third-order valence-electron chi connectivity index (χ3n) is 3.71. The van der Waals surface area contributed by atoms with E-state index in [1.165, 1.54) is 12.1 Å². The fourth-order valence-electron chi connectivity index (χ4n) is 2.49. The predicted octanol–water partition coefficient (Wildman–Crippen LogP) is 5.56. The first-order valence-electron chi connectivity index (χ1n) is 8.05. The molecule has 6 heteroatoms. The van der Waals surface area contributed by atoms with Crippen LogP contribution in [0.15, 0.2) is 42.5 Å². The van der Waals surface area contributed by atoms with E-state index in [0.717, 1.165) is 17.7 Å². The molecule has 0 bridgehead atoms. The van der Waals surface area contributed by atoms with Crippen molar-refractivity contribution in [2.75, 3.05) is 12.4 Å². The number of thiocarbonyl (C=S) groups is 1. The fraction of sp³-hybridized carbons (Fsp3) is 0.316. The molecule has 0 unspecified atom stereocenters. The van der Waals surface area contributed by atoms with Gasteiger partial charge in [0.2, 0.25) is 0 Å². The number of hydrogen-bond acceptors (Lipinski definition) is 2. The fourth-order valence-corrected chi connectivity index (χ4v) is 2.93. The van der Waals surface area contributed by atoms with Crippen LogP contribution in [0.25, 0.3) is 0 Å². The minimum absolute atomic E-state index is 0.0571. The number of anilines is 1. The molecule has 25 heavy (non-hydrogen) atoms. The van der Waals surface area contributed by atoms with E-state index in [-0.39, 0.29) is 11.1 Å². The minimum atomic E-state index is -0.456. The van der Waals surface area contributed by atoms with E-state index in [4.69, 9.17) is 28.6 Å². The second-order valence-electron chi connectivity index (χ2n) is 6.18. The van der Waals surface area contributed by atoms with Gasteiger partial charge in [-0.2, -0.15) is 0 Å². The second kappa shape index (κ2) is 9.02. The van der Waals surface area contributed by atoms with Crippen molar-refractivity contribution in [3.8, 4) is 5.75 Å². The van der Waals surface area contributed by atoms with Crippen molar-refractivity contribution < 1.29 is 9.13 Å². The number of nitrogens with one attached hydrogen (secondary N) is 2. The lowest BCUT2D eigenvalue weighted by atomic mass is 9.97. The van der Waals surface area contributed by atoms with Crippen LogP contribution in [0.1, 0.15) is 31.9 Å². The summed E-state index contributed by atoms with van der Waals surface area (Å²) in [6, 6.07) is 12.4. The monoisotopic (exact) mass is 380 g/mol. The highest BCUT2D eigenvalue weighted by atomic mass is 35.5. The Bertz CT molecular complexity index is 722. The predicted molar refractivity (Wildman–Crippen MR) is 106 cm³/mol. The third kappa shape index (κ3) is 5.87. The summed E-state index contributed by atoms with van der Waals surface area (Å²) in [6.07, 6.45) is 0.915. The van der Waals surface area contributed by atoms with Crippen LogP contribution in [0.3, 0.4) is 0 Å². The van der Waals surface area contributed by atoms with Crippen molar-refractivity contribution in [3.05, 3.63) is 58.9 Å². The largest absolute Gasteiger partial charge is 0.497 e. The summed E-state index contributed by atoms with van der Waals surface area (Å²) in [5.41, 5.74) is 1.76. The van der Waals surface area contributed by atoms with Gasteiger partial charge >= 0.3 is 0 Å². The molecule has 0 aromatic heterocycles. The molecule has 0 radical (unpaired) electrons. The van der Waals surface area contributed by atoms with Gasteiger partial charge in [0.05, 0.1) is 18.2 Å². The molecule has 0 heterocycles. The summed E-state index contributed by atoms with van der Waals surface area (Å²) in [7, 11) is 1.64. The van der Waals surface area contributed by atoms with Crippen LogP contribution in [0, 0.1) is 11.7 Å². The van der Waals surface area contributed by atoms with Gasteiger partial charge in [0.25, 0.3) is 0 Å². The summed E-state index contributed by atoms with van der Waals surface area (Å²) >= 11 is 11.2. The highest BCUT2D eigenvalue weighted by Gasteiger charge is 2.15. The van der Waals surface area contributed by atoms with Gasteiger partial charge in [-0.3, -0.25) is 0 Å². The Morgan fingerprint density at radius 2 is 1.88 bits per heavy atom. The van der Waals surface area contributed by atoms with Crippen LogP contribution < -0.4 is 15.4 Å². The lowest BCUT2D eigenvalue weighted by molar-refractivity contribution is 0.414. The highest BCUT2D eigenvalue weighted by Crippen LogP contribution is 2.24. The number of halogens is 2. The van der Waals surface area contributed by atoms with Crippen LogP contribution in [-0.4, -0.2) is 12.2 Å². The van der Waals surface area contributed by atoms with Gasteiger partial charge < -0.3 is 15.4 Å². The summed E-state index contributed by atoms with van der Waals surface area (Å²) in [5.74, 6) is 0.846. The van der Waals surface area contributed by atoms with Crippen LogP contribution in [0.4, 0.5) is 10.1 Å². The maximum absolute atomic E-state index is 13.3. The first kappa shape index (κ1) is 19.5. The van der Waals surface area contributed by atoms with Gasteiger partial charge in [0.1, 0.15) is 11.6 Å². The Hall–Kier alpha value is -1.85. The zero-order valence-corrected chi connectivity index (χ0v) is 16.0.